The molecule has 1 aliphatic heterocycles. The van der Waals surface area contributed by atoms with Gasteiger partial charge in [0, 0.05) is 33.3 Å². The van der Waals surface area contributed by atoms with Crippen LogP contribution in [0.4, 0.5) is 0 Å². The molecule has 2 aromatic rings. The second-order valence-corrected chi connectivity index (χ2v) is 7.54. The van der Waals surface area contributed by atoms with Crippen molar-refractivity contribution in [2.75, 3.05) is 6.61 Å². The highest BCUT2D eigenvalue weighted by Crippen LogP contribution is 2.35. The average molecular weight is 475 g/mol. The van der Waals surface area contributed by atoms with Gasteiger partial charge in [0.1, 0.15) is 18.4 Å². The molecule has 1 saturated heterocycles. The Labute approximate surface area is 195 Å². The van der Waals surface area contributed by atoms with Crippen molar-refractivity contribution < 1.29 is 42.9 Å². The van der Waals surface area contributed by atoms with E-state index in [0.29, 0.717) is 5.69 Å². The van der Waals surface area contributed by atoms with Crippen molar-refractivity contribution in [1.29, 1.82) is 0 Å². The quantitative estimate of drug-likeness (QED) is 0.420. The lowest BCUT2D eigenvalue weighted by molar-refractivity contribution is -0.270. The number of nitrogens with zero attached hydrogens (tertiary/aromatic N) is 3. The number of ether oxygens (including phenoxy) is 5. The van der Waals surface area contributed by atoms with Crippen LogP contribution in [0.15, 0.2) is 36.5 Å². The first kappa shape index (κ1) is 24.8. The number of carbonyl (C=O) groups is 4. The molecule has 0 bridgehead atoms. The van der Waals surface area contributed by atoms with E-state index in [2.05, 4.69) is 10.3 Å². The summed E-state index contributed by atoms with van der Waals surface area (Å²) < 4.78 is 28.6. The number of esters is 4. The van der Waals surface area contributed by atoms with Crippen LogP contribution < -0.4 is 0 Å². The van der Waals surface area contributed by atoms with Crippen LogP contribution in [0.3, 0.4) is 0 Å². The van der Waals surface area contributed by atoms with Gasteiger partial charge in [-0.05, 0) is 0 Å². The van der Waals surface area contributed by atoms with Gasteiger partial charge in [-0.15, -0.1) is 5.10 Å². The number of rotatable bonds is 7. The highest BCUT2D eigenvalue weighted by Gasteiger charge is 2.53. The van der Waals surface area contributed by atoms with Crippen molar-refractivity contribution in [2.45, 2.75) is 58.3 Å². The van der Waals surface area contributed by atoms with Crippen LogP contribution >= 0.6 is 0 Å². The third kappa shape index (κ3) is 6.16. The normalized spacial score (nSPS) is 24.1. The van der Waals surface area contributed by atoms with E-state index in [1.165, 1.54) is 18.5 Å². The average Bonchev–Trinajstić information content (AvgIpc) is 3.25. The molecule has 1 fully saturated rings. The number of hydrogen-bond donors (Lipinski definition) is 0. The standard InChI is InChI=1S/C22H25N3O9/c1-12(26)30-11-18-19(31-13(2)27)20(32-14(3)28)21(33-15(4)29)22(34-18)25-10-17(23-24-25)16-8-6-5-7-9-16/h5-10,18-22H,11H2,1-4H3/t18-,19-,20+,21+,22+/m1/s1. The van der Waals surface area contributed by atoms with E-state index in [0.717, 1.165) is 19.4 Å². The molecule has 0 unspecified atom stereocenters. The van der Waals surface area contributed by atoms with Gasteiger partial charge in [-0.25, -0.2) is 4.68 Å². The molecule has 5 atom stereocenters. The molecule has 2 heterocycles. The fourth-order valence-corrected chi connectivity index (χ4v) is 3.56. The fraction of sp³-hybridized carbons (Fsp3) is 0.455. The monoisotopic (exact) mass is 475 g/mol. The van der Waals surface area contributed by atoms with Crippen LogP contribution in [0.2, 0.25) is 0 Å². The first-order valence-corrected chi connectivity index (χ1v) is 10.4. The summed E-state index contributed by atoms with van der Waals surface area (Å²) >= 11 is 0. The zero-order valence-electron chi connectivity index (χ0n) is 19.1. The Bertz CT molecular complexity index is 1040. The minimum absolute atomic E-state index is 0.325. The van der Waals surface area contributed by atoms with E-state index in [1.54, 1.807) is 6.20 Å². The summed E-state index contributed by atoms with van der Waals surface area (Å²) in [7, 11) is 0. The maximum absolute atomic E-state index is 11.9. The summed E-state index contributed by atoms with van der Waals surface area (Å²) in [6.45, 7) is 4.36. The van der Waals surface area contributed by atoms with Crippen molar-refractivity contribution in [3.63, 3.8) is 0 Å². The molecule has 1 aromatic heterocycles. The number of benzene rings is 1. The minimum atomic E-state index is -1.28. The van der Waals surface area contributed by atoms with Crippen molar-refractivity contribution in [3.05, 3.63) is 36.5 Å². The summed E-state index contributed by atoms with van der Waals surface area (Å²) in [6.07, 6.45) is -4.43. The first-order valence-electron chi connectivity index (χ1n) is 10.4. The molecule has 34 heavy (non-hydrogen) atoms. The smallest absolute Gasteiger partial charge is 0.303 e. The number of carbonyl (C=O) groups excluding carboxylic acids is 4. The zero-order valence-corrected chi connectivity index (χ0v) is 19.1. The molecule has 0 aliphatic carbocycles. The van der Waals surface area contributed by atoms with E-state index in [4.69, 9.17) is 23.7 Å². The molecule has 12 nitrogen and oxygen atoms in total. The Morgan fingerprint density at radius 1 is 0.853 bits per heavy atom. The molecule has 12 heteroatoms. The molecule has 0 saturated carbocycles. The summed E-state index contributed by atoms with van der Waals surface area (Å²) in [4.78, 5) is 47.1. The highest BCUT2D eigenvalue weighted by atomic mass is 16.7. The predicted molar refractivity (Wildman–Crippen MR) is 113 cm³/mol. The molecule has 182 valence electrons. The molecule has 0 spiro atoms. The van der Waals surface area contributed by atoms with Gasteiger partial charge in [-0.2, -0.15) is 0 Å². The fourth-order valence-electron chi connectivity index (χ4n) is 3.56. The van der Waals surface area contributed by atoms with Crippen molar-refractivity contribution in [2.24, 2.45) is 0 Å². The summed E-state index contributed by atoms with van der Waals surface area (Å²) in [5, 5.41) is 8.24. The second-order valence-electron chi connectivity index (χ2n) is 7.54. The van der Waals surface area contributed by atoms with E-state index in [-0.39, 0.29) is 6.61 Å². The van der Waals surface area contributed by atoms with Crippen LogP contribution in [-0.2, 0) is 42.9 Å². The van der Waals surface area contributed by atoms with Gasteiger partial charge in [0.2, 0.25) is 0 Å². The van der Waals surface area contributed by atoms with Gasteiger partial charge in [-0.1, -0.05) is 35.5 Å². The SMILES string of the molecule is CC(=O)OC[C@H]1O[C@H](n2cc(-c3ccccc3)nn2)[C@@H](OC(C)=O)[C@@H](OC(C)=O)[C@@H]1OC(C)=O. The number of aromatic nitrogens is 3. The zero-order chi connectivity index (χ0) is 24.8. The Morgan fingerprint density at radius 2 is 1.44 bits per heavy atom. The van der Waals surface area contributed by atoms with Crippen molar-refractivity contribution >= 4 is 23.9 Å². The highest BCUT2D eigenvalue weighted by molar-refractivity contribution is 5.68. The van der Waals surface area contributed by atoms with Crippen LogP contribution in [0.1, 0.15) is 33.9 Å². The third-order valence-corrected chi connectivity index (χ3v) is 4.81. The number of hydrogen-bond acceptors (Lipinski definition) is 11. The summed E-state index contributed by atoms with van der Waals surface area (Å²) in [5.74, 6) is -2.71. The largest absolute Gasteiger partial charge is 0.463 e. The predicted octanol–water partition coefficient (Wildman–Crippen LogP) is 1.20. The lowest BCUT2D eigenvalue weighted by atomic mass is 9.97. The van der Waals surface area contributed by atoms with Crippen LogP contribution in [-0.4, -0.2) is 69.9 Å². The molecule has 1 aromatic carbocycles. The van der Waals surface area contributed by atoms with E-state index < -0.39 is 54.5 Å². The topological polar surface area (TPSA) is 145 Å². The molecule has 3 rings (SSSR count). The molecule has 0 N–H and O–H groups in total. The van der Waals surface area contributed by atoms with Gasteiger partial charge in [0.15, 0.2) is 24.5 Å². The minimum Gasteiger partial charge on any atom is -0.463 e. The van der Waals surface area contributed by atoms with Gasteiger partial charge < -0.3 is 23.7 Å². The van der Waals surface area contributed by atoms with Gasteiger partial charge in [0.25, 0.3) is 0 Å². The Kier molecular flexibility index (Phi) is 7.95. The van der Waals surface area contributed by atoms with Gasteiger partial charge in [-0.3, -0.25) is 19.2 Å². The van der Waals surface area contributed by atoms with E-state index in [1.807, 2.05) is 30.3 Å². The van der Waals surface area contributed by atoms with Crippen LogP contribution in [0.25, 0.3) is 11.3 Å². The summed E-state index contributed by atoms with van der Waals surface area (Å²) in [5.41, 5.74) is 1.29. The first-order chi connectivity index (χ1) is 16.2. The molecule has 1 aliphatic rings. The Hall–Kier alpha value is -3.80. The van der Waals surface area contributed by atoms with Crippen LogP contribution in [0.5, 0.6) is 0 Å². The second kappa shape index (κ2) is 10.9. The Morgan fingerprint density at radius 3 is 2.03 bits per heavy atom. The van der Waals surface area contributed by atoms with Gasteiger partial charge >= 0.3 is 23.9 Å². The van der Waals surface area contributed by atoms with Crippen LogP contribution in [0, 0.1) is 0 Å². The van der Waals surface area contributed by atoms with Crippen molar-refractivity contribution in [3.8, 4) is 11.3 Å². The maximum Gasteiger partial charge on any atom is 0.303 e. The summed E-state index contributed by atoms with van der Waals surface area (Å²) in [6, 6.07) is 9.20. The van der Waals surface area contributed by atoms with Crippen molar-refractivity contribution in [1.82, 2.24) is 15.0 Å². The Balaban J connectivity index is 2.03. The van der Waals surface area contributed by atoms with Gasteiger partial charge in [0.05, 0.1) is 6.20 Å². The molecule has 0 amide bonds. The molecule has 0 radical (unpaired) electrons. The van der Waals surface area contributed by atoms with E-state index in [9.17, 15) is 19.2 Å². The molecular formula is C22H25N3O9. The third-order valence-electron chi connectivity index (χ3n) is 4.81. The lowest BCUT2D eigenvalue weighted by Crippen LogP contribution is -2.60. The van der Waals surface area contributed by atoms with E-state index >= 15 is 0 Å². The molecular weight excluding hydrogens is 450 g/mol. The maximum atomic E-state index is 11.9. The lowest BCUT2D eigenvalue weighted by Gasteiger charge is -2.44.